The summed E-state index contributed by atoms with van der Waals surface area (Å²) in [5, 5.41) is 2.52. The average molecular weight is 472 g/mol. The Hall–Kier alpha value is -2.05. The van der Waals surface area contributed by atoms with Crippen LogP contribution in [0.15, 0.2) is 24.3 Å². The average Bonchev–Trinajstić information content (AvgIpc) is 2.77. The summed E-state index contributed by atoms with van der Waals surface area (Å²) in [5.74, 6) is -1.55. The van der Waals surface area contributed by atoms with Crippen molar-refractivity contribution >= 4 is 11.9 Å². The van der Waals surface area contributed by atoms with E-state index in [1.54, 1.807) is 13.8 Å². The van der Waals surface area contributed by atoms with Crippen molar-refractivity contribution in [2.24, 2.45) is 5.92 Å². The molecule has 1 amide bonds. The van der Waals surface area contributed by atoms with Crippen LogP contribution in [0.3, 0.4) is 0 Å². The second-order valence-electron chi connectivity index (χ2n) is 8.98. The third-order valence-electron chi connectivity index (χ3n) is 5.65. The first-order valence-electron chi connectivity index (χ1n) is 12.3. The van der Waals surface area contributed by atoms with E-state index in [4.69, 9.17) is 4.74 Å². The largest absolute Gasteiger partial charge is 0.464 e. The zero-order chi connectivity index (χ0) is 24.7. The zero-order valence-electron chi connectivity index (χ0n) is 20.3. The van der Waals surface area contributed by atoms with E-state index in [9.17, 15) is 22.8 Å². The number of amides is 1. The number of halogens is 3. The van der Waals surface area contributed by atoms with Crippen molar-refractivity contribution in [1.29, 1.82) is 0 Å². The van der Waals surface area contributed by atoms with Gasteiger partial charge in [0, 0.05) is 5.56 Å². The summed E-state index contributed by atoms with van der Waals surface area (Å²) in [4.78, 5) is 24.9. The number of ether oxygens (including phenoxy) is 1. The summed E-state index contributed by atoms with van der Waals surface area (Å²) in [6.07, 6.45) is 8.56. The van der Waals surface area contributed by atoms with E-state index in [1.807, 2.05) is 0 Å². The molecule has 4 nitrogen and oxygen atoms in total. The van der Waals surface area contributed by atoms with Crippen LogP contribution in [0.25, 0.3) is 0 Å². The zero-order valence-corrected chi connectivity index (χ0v) is 20.3. The molecular weight excluding hydrogens is 431 g/mol. The van der Waals surface area contributed by atoms with Gasteiger partial charge in [-0.3, -0.25) is 4.79 Å². The van der Waals surface area contributed by atoms with Crippen LogP contribution in [0.4, 0.5) is 13.2 Å². The first-order chi connectivity index (χ1) is 15.7. The predicted molar refractivity (Wildman–Crippen MR) is 125 cm³/mol. The molecule has 0 radical (unpaired) electrons. The Bertz CT molecular complexity index is 704. The number of hydrogen-bond acceptors (Lipinski definition) is 3. The van der Waals surface area contributed by atoms with E-state index >= 15 is 0 Å². The van der Waals surface area contributed by atoms with Crippen LogP contribution in [-0.2, 0) is 15.7 Å². The van der Waals surface area contributed by atoms with Crippen molar-refractivity contribution in [3.8, 4) is 0 Å². The Kier molecular flexibility index (Phi) is 13.8. The molecule has 7 heteroatoms. The van der Waals surface area contributed by atoms with Gasteiger partial charge in [-0.15, -0.1) is 0 Å². The molecule has 0 heterocycles. The minimum atomic E-state index is -4.54. The van der Waals surface area contributed by atoms with Crippen LogP contribution in [0.1, 0.15) is 107 Å². The number of carbonyl (C=O) groups is 2. The number of carbonyl (C=O) groups excluding carboxylic acids is 2. The van der Waals surface area contributed by atoms with Crippen molar-refractivity contribution in [3.63, 3.8) is 0 Å². The maximum atomic E-state index is 12.9. The second-order valence-corrected chi connectivity index (χ2v) is 8.98. The third-order valence-corrected chi connectivity index (χ3v) is 5.65. The van der Waals surface area contributed by atoms with E-state index in [2.05, 4.69) is 12.2 Å². The monoisotopic (exact) mass is 471 g/mol. The van der Waals surface area contributed by atoms with Gasteiger partial charge >= 0.3 is 12.1 Å². The highest BCUT2D eigenvalue weighted by Crippen LogP contribution is 2.29. The van der Waals surface area contributed by atoms with Gasteiger partial charge in [-0.1, -0.05) is 91.0 Å². The second kappa shape index (κ2) is 15.7. The summed E-state index contributed by atoms with van der Waals surface area (Å²) in [6, 6.07) is 3.23. The molecule has 1 atom stereocenters. The summed E-state index contributed by atoms with van der Waals surface area (Å²) >= 11 is 0. The fourth-order valence-electron chi connectivity index (χ4n) is 3.59. The molecular formula is C26H40F3NO3. The number of alkyl halides is 3. The Morgan fingerprint density at radius 2 is 1.45 bits per heavy atom. The summed E-state index contributed by atoms with van der Waals surface area (Å²) < 4.78 is 44.0. The van der Waals surface area contributed by atoms with Crippen molar-refractivity contribution in [3.05, 3.63) is 35.4 Å². The van der Waals surface area contributed by atoms with E-state index in [-0.39, 0.29) is 18.1 Å². The van der Waals surface area contributed by atoms with E-state index in [0.29, 0.717) is 0 Å². The fourth-order valence-corrected chi connectivity index (χ4v) is 3.59. The van der Waals surface area contributed by atoms with Crippen LogP contribution in [0.2, 0.25) is 0 Å². The van der Waals surface area contributed by atoms with Gasteiger partial charge in [0.1, 0.15) is 6.04 Å². The maximum absolute atomic E-state index is 12.9. The lowest BCUT2D eigenvalue weighted by Crippen LogP contribution is -2.45. The van der Waals surface area contributed by atoms with E-state index < -0.39 is 29.7 Å². The molecule has 0 aliphatic heterocycles. The summed E-state index contributed by atoms with van der Waals surface area (Å²) in [7, 11) is 0. The summed E-state index contributed by atoms with van der Waals surface area (Å²) in [6.45, 7) is 6.00. The van der Waals surface area contributed by atoms with Gasteiger partial charge in [0.15, 0.2) is 0 Å². The fraction of sp³-hybridized carbons (Fsp3) is 0.692. The molecule has 33 heavy (non-hydrogen) atoms. The van der Waals surface area contributed by atoms with Gasteiger partial charge in [0.2, 0.25) is 0 Å². The molecule has 1 unspecified atom stereocenters. The molecule has 0 saturated heterocycles. The van der Waals surface area contributed by atoms with Crippen LogP contribution < -0.4 is 5.32 Å². The normalized spacial score (nSPS) is 12.6. The molecule has 0 aromatic heterocycles. The number of benzene rings is 1. The maximum Gasteiger partial charge on any atom is 0.416 e. The Balaban J connectivity index is 2.33. The number of rotatable bonds is 16. The van der Waals surface area contributed by atoms with Gasteiger partial charge in [-0.05, 0) is 30.5 Å². The molecule has 0 fully saturated rings. The highest BCUT2D eigenvalue weighted by molar-refractivity contribution is 5.97. The molecule has 1 aromatic rings. The molecule has 0 aliphatic rings. The third kappa shape index (κ3) is 12.1. The first kappa shape index (κ1) is 29.0. The quantitative estimate of drug-likeness (QED) is 0.203. The molecule has 1 aromatic carbocycles. The highest BCUT2D eigenvalue weighted by atomic mass is 19.4. The van der Waals surface area contributed by atoms with Crippen molar-refractivity contribution in [2.45, 2.75) is 104 Å². The Labute approximate surface area is 196 Å². The smallest absolute Gasteiger partial charge is 0.416 e. The minimum Gasteiger partial charge on any atom is -0.464 e. The number of unbranched alkanes of at least 4 members (excludes halogenated alkanes) is 10. The first-order valence-corrected chi connectivity index (χ1v) is 12.3. The van der Waals surface area contributed by atoms with Crippen LogP contribution >= 0.6 is 0 Å². The van der Waals surface area contributed by atoms with Crippen LogP contribution in [-0.4, -0.2) is 24.5 Å². The SMILES string of the molecule is CCCCCCCCCCCCCOC(=O)C(NC(=O)c1cccc(C(F)(F)F)c1)C(C)C. The standard InChI is InChI=1S/C26H40F3NO3/c1-4-5-6-7-8-9-10-11-12-13-14-18-33-25(32)23(20(2)3)30-24(31)21-16-15-17-22(19-21)26(27,28)29/h15-17,19-20,23H,4-14,18H2,1-3H3,(H,30,31). The lowest BCUT2D eigenvalue weighted by atomic mass is 10.0. The molecule has 1 N–H and O–H groups in total. The van der Waals surface area contributed by atoms with E-state index in [0.717, 1.165) is 31.4 Å². The number of esters is 1. The van der Waals surface area contributed by atoms with Crippen molar-refractivity contribution in [1.82, 2.24) is 5.32 Å². The molecule has 0 saturated carbocycles. The summed E-state index contributed by atoms with van der Waals surface area (Å²) in [5.41, 5.74) is -1.05. The van der Waals surface area contributed by atoms with Gasteiger partial charge in [0.05, 0.1) is 12.2 Å². The topological polar surface area (TPSA) is 55.4 Å². The molecule has 0 bridgehead atoms. The number of hydrogen-bond donors (Lipinski definition) is 1. The van der Waals surface area contributed by atoms with Crippen LogP contribution in [0, 0.1) is 5.92 Å². The highest BCUT2D eigenvalue weighted by Gasteiger charge is 2.32. The van der Waals surface area contributed by atoms with Gasteiger partial charge in [-0.25, -0.2) is 4.79 Å². The van der Waals surface area contributed by atoms with Crippen LogP contribution in [0.5, 0.6) is 0 Å². The van der Waals surface area contributed by atoms with Crippen molar-refractivity contribution < 1.29 is 27.5 Å². The molecule has 0 spiro atoms. The predicted octanol–water partition coefficient (Wildman–Crippen LogP) is 7.31. The molecule has 1 rings (SSSR count). The van der Waals surface area contributed by atoms with Gasteiger partial charge < -0.3 is 10.1 Å². The molecule has 188 valence electrons. The lowest BCUT2D eigenvalue weighted by molar-refractivity contribution is -0.147. The number of nitrogens with one attached hydrogen (secondary N) is 1. The lowest BCUT2D eigenvalue weighted by Gasteiger charge is -2.21. The van der Waals surface area contributed by atoms with Crippen molar-refractivity contribution in [2.75, 3.05) is 6.61 Å². The van der Waals surface area contributed by atoms with E-state index in [1.165, 1.54) is 63.5 Å². The molecule has 0 aliphatic carbocycles. The Morgan fingerprint density at radius 1 is 0.909 bits per heavy atom. The Morgan fingerprint density at radius 3 is 1.97 bits per heavy atom. The van der Waals surface area contributed by atoms with Gasteiger partial charge in [-0.2, -0.15) is 13.2 Å². The van der Waals surface area contributed by atoms with Gasteiger partial charge in [0.25, 0.3) is 5.91 Å². The minimum absolute atomic E-state index is 0.145.